The predicted octanol–water partition coefficient (Wildman–Crippen LogP) is 3.62. The molecule has 0 spiro atoms. The molecule has 26 heavy (non-hydrogen) atoms. The zero-order chi connectivity index (χ0) is 18.5. The molecule has 1 aliphatic heterocycles. The van der Waals surface area contributed by atoms with Crippen LogP contribution in [-0.2, 0) is 11.3 Å². The second-order valence-corrected chi connectivity index (χ2v) is 7.14. The van der Waals surface area contributed by atoms with Gasteiger partial charge in [-0.3, -0.25) is 4.79 Å². The van der Waals surface area contributed by atoms with Gasteiger partial charge in [-0.25, -0.2) is 4.98 Å². The lowest BCUT2D eigenvalue weighted by Crippen LogP contribution is -2.37. The van der Waals surface area contributed by atoms with Crippen molar-refractivity contribution in [1.29, 1.82) is 0 Å². The molecule has 1 aliphatic rings. The number of ether oxygens (including phenoxy) is 1. The van der Waals surface area contributed by atoms with Gasteiger partial charge in [0.15, 0.2) is 0 Å². The van der Waals surface area contributed by atoms with E-state index in [9.17, 15) is 4.79 Å². The Morgan fingerprint density at radius 3 is 2.58 bits per heavy atom. The number of aromatic nitrogens is 1. The Morgan fingerprint density at radius 2 is 2.00 bits per heavy atom. The lowest BCUT2D eigenvalue weighted by atomic mass is 10.1. The first-order valence-electron chi connectivity index (χ1n) is 8.81. The van der Waals surface area contributed by atoms with E-state index in [2.05, 4.69) is 34.1 Å². The minimum Gasteiger partial charge on any atom is -0.378 e. The van der Waals surface area contributed by atoms with Gasteiger partial charge >= 0.3 is 0 Å². The zero-order valence-corrected chi connectivity index (χ0v) is 15.9. The summed E-state index contributed by atoms with van der Waals surface area (Å²) in [4.78, 5) is 20.9. The summed E-state index contributed by atoms with van der Waals surface area (Å²) < 4.78 is 5.74. The Kier molecular flexibility index (Phi) is 6.12. The highest BCUT2D eigenvalue weighted by molar-refractivity contribution is 6.29. The maximum atomic E-state index is 13.0. The Balaban J connectivity index is 1.77. The number of nitrogens with zero attached hydrogens (tertiary/aromatic N) is 3. The fourth-order valence-electron chi connectivity index (χ4n) is 3.06. The minimum absolute atomic E-state index is 0.0543. The van der Waals surface area contributed by atoms with Crippen LogP contribution in [0.25, 0.3) is 0 Å². The monoisotopic (exact) mass is 373 g/mol. The van der Waals surface area contributed by atoms with Gasteiger partial charge in [0.05, 0.1) is 11.7 Å². The maximum absolute atomic E-state index is 13.0. The largest absolute Gasteiger partial charge is 0.378 e. The molecule has 2 heterocycles. The van der Waals surface area contributed by atoms with Crippen LogP contribution in [-0.4, -0.2) is 49.1 Å². The molecule has 1 fully saturated rings. The number of hydrogen-bond donors (Lipinski definition) is 0. The Morgan fingerprint density at radius 1 is 1.23 bits per heavy atom. The van der Waals surface area contributed by atoms with Crippen LogP contribution in [0.2, 0.25) is 5.15 Å². The van der Waals surface area contributed by atoms with Crippen LogP contribution < -0.4 is 4.90 Å². The molecule has 3 rings (SSSR count). The molecule has 0 radical (unpaired) electrons. The first kappa shape index (κ1) is 18.7. The maximum Gasteiger partial charge on any atom is 0.255 e. The number of benzene rings is 1. The molecule has 1 aromatic carbocycles. The molecule has 0 bridgehead atoms. The van der Waals surface area contributed by atoms with Crippen molar-refractivity contribution in [2.75, 3.05) is 32.1 Å². The van der Waals surface area contributed by atoms with Gasteiger partial charge in [-0.1, -0.05) is 23.7 Å². The van der Waals surface area contributed by atoms with Crippen molar-refractivity contribution in [2.45, 2.75) is 25.5 Å². The van der Waals surface area contributed by atoms with E-state index in [-0.39, 0.29) is 12.0 Å². The van der Waals surface area contributed by atoms with Crippen molar-refractivity contribution in [3.05, 3.63) is 58.9 Å². The Bertz CT molecular complexity index is 726. The highest BCUT2D eigenvalue weighted by Crippen LogP contribution is 2.19. The zero-order valence-electron chi connectivity index (χ0n) is 15.2. The third kappa shape index (κ3) is 4.74. The molecule has 1 unspecified atom stereocenters. The smallest absolute Gasteiger partial charge is 0.255 e. The van der Waals surface area contributed by atoms with E-state index in [0.717, 1.165) is 30.7 Å². The van der Waals surface area contributed by atoms with Crippen molar-refractivity contribution in [3.8, 4) is 0 Å². The van der Waals surface area contributed by atoms with E-state index in [0.29, 0.717) is 23.8 Å². The molecule has 0 saturated carbocycles. The Hall–Kier alpha value is -2.11. The van der Waals surface area contributed by atoms with E-state index in [1.807, 2.05) is 19.0 Å². The van der Waals surface area contributed by atoms with Gasteiger partial charge in [0.1, 0.15) is 5.15 Å². The minimum atomic E-state index is -0.0543. The number of halogens is 1. The third-order valence-electron chi connectivity index (χ3n) is 4.54. The molecule has 1 aromatic heterocycles. The van der Waals surface area contributed by atoms with Gasteiger partial charge in [0.2, 0.25) is 0 Å². The fourth-order valence-corrected chi connectivity index (χ4v) is 3.17. The summed E-state index contributed by atoms with van der Waals surface area (Å²) in [5.41, 5.74) is 2.76. The molecule has 138 valence electrons. The average Bonchev–Trinajstić information content (AvgIpc) is 3.15. The van der Waals surface area contributed by atoms with Gasteiger partial charge in [-0.05, 0) is 42.7 Å². The van der Waals surface area contributed by atoms with E-state index in [1.54, 1.807) is 12.1 Å². The van der Waals surface area contributed by atoms with E-state index in [4.69, 9.17) is 16.3 Å². The number of carbonyl (C=O) groups is 1. The number of hydrogen-bond acceptors (Lipinski definition) is 4. The SMILES string of the molecule is CN(C)c1ccc(CN(CC2CCCO2)C(=O)c2ccc(Cl)nc2)cc1. The highest BCUT2D eigenvalue weighted by atomic mass is 35.5. The number of pyridine rings is 1. The van der Waals surface area contributed by atoms with Crippen molar-refractivity contribution < 1.29 is 9.53 Å². The van der Waals surface area contributed by atoms with Crippen molar-refractivity contribution >= 4 is 23.2 Å². The lowest BCUT2D eigenvalue weighted by Gasteiger charge is -2.26. The molecule has 5 nitrogen and oxygen atoms in total. The number of anilines is 1. The van der Waals surface area contributed by atoms with Crippen LogP contribution in [0.4, 0.5) is 5.69 Å². The molecule has 1 atom stereocenters. The van der Waals surface area contributed by atoms with Crippen molar-refractivity contribution in [3.63, 3.8) is 0 Å². The highest BCUT2D eigenvalue weighted by Gasteiger charge is 2.24. The van der Waals surface area contributed by atoms with Gasteiger partial charge in [0, 0.05) is 45.7 Å². The number of carbonyl (C=O) groups excluding carboxylic acids is 1. The molecular weight excluding hydrogens is 350 g/mol. The van der Waals surface area contributed by atoms with Crippen LogP contribution in [0, 0.1) is 0 Å². The van der Waals surface area contributed by atoms with Crippen LogP contribution in [0.3, 0.4) is 0 Å². The van der Waals surface area contributed by atoms with E-state index < -0.39 is 0 Å². The van der Waals surface area contributed by atoms with Crippen LogP contribution in [0.5, 0.6) is 0 Å². The lowest BCUT2D eigenvalue weighted by molar-refractivity contribution is 0.0507. The van der Waals surface area contributed by atoms with Gasteiger partial charge in [-0.15, -0.1) is 0 Å². The van der Waals surface area contributed by atoms with Crippen LogP contribution >= 0.6 is 11.6 Å². The fraction of sp³-hybridized carbons (Fsp3) is 0.400. The van der Waals surface area contributed by atoms with Gasteiger partial charge in [0.25, 0.3) is 5.91 Å². The first-order valence-corrected chi connectivity index (χ1v) is 9.19. The first-order chi connectivity index (χ1) is 12.5. The topological polar surface area (TPSA) is 45.7 Å². The molecule has 6 heteroatoms. The summed E-state index contributed by atoms with van der Waals surface area (Å²) in [6.45, 7) is 1.89. The second kappa shape index (κ2) is 8.52. The standard InChI is InChI=1S/C20H24ClN3O2/c1-23(2)17-8-5-15(6-9-17)13-24(14-18-4-3-11-26-18)20(25)16-7-10-19(21)22-12-16/h5-10,12,18H,3-4,11,13-14H2,1-2H3. The Labute approximate surface area is 159 Å². The van der Waals surface area contributed by atoms with Gasteiger partial charge < -0.3 is 14.5 Å². The van der Waals surface area contributed by atoms with Crippen molar-refractivity contribution in [2.24, 2.45) is 0 Å². The number of rotatable bonds is 6. The molecule has 2 aromatic rings. The summed E-state index contributed by atoms with van der Waals surface area (Å²) in [6, 6.07) is 11.6. The summed E-state index contributed by atoms with van der Waals surface area (Å²) >= 11 is 5.84. The third-order valence-corrected chi connectivity index (χ3v) is 4.76. The van der Waals surface area contributed by atoms with Crippen LogP contribution in [0.15, 0.2) is 42.6 Å². The van der Waals surface area contributed by atoms with Gasteiger partial charge in [-0.2, -0.15) is 0 Å². The normalized spacial score (nSPS) is 16.5. The summed E-state index contributed by atoms with van der Waals surface area (Å²) in [7, 11) is 4.02. The quantitative estimate of drug-likeness (QED) is 0.725. The van der Waals surface area contributed by atoms with E-state index >= 15 is 0 Å². The molecule has 1 amide bonds. The summed E-state index contributed by atoms with van der Waals surface area (Å²) in [5.74, 6) is -0.0543. The molecule has 1 saturated heterocycles. The molecule has 0 aliphatic carbocycles. The molecule has 0 N–H and O–H groups in total. The molecular formula is C20H24ClN3O2. The average molecular weight is 374 g/mol. The van der Waals surface area contributed by atoms with Crippen molar-refractivity contribution in [1.82, 2.24) is 9.88 Å². The summed E-state index contributed by atoms with van der Waals surface area (Å²) in [5, 5.41) is 0.381. The predicted molar refractivity (Wildman–Crippen MR) is 104 cm³/mol. The second-order valence-electron chi connectivity index (χ2n) is 6.75. The summed E-state index contributed by atoms with van der Waals surface area (Å²) in [6.07, 6.45) is 3.66. The van der Waals surface area contributed by atoms with Crippen LogP contribution in [0.1, 0.15) is 28.8 Å². The number of amides is 1. The van der Waals surface area contributed by atoms with E-state index in [1.165, 1.54) is 6.20 Å².